The summed E-state index contributed by atoms with van der Waals surface area (Å²) in [7, 11) is 0. The minimum atomic E-state index is -4.43. The third-order valence-corrected chi connectivity index (χ3v) is 4.34. The molecule has 2 rings (SSSR count). The second kappa shape index (κ2) is 12.0. The second-order valence-electron chi connectivity index (χ2n) is 7.03. The molecule has 0 aliphatic rings. The quantitative estimate of drug-likeness (QED) is 0.229. The molecule has 182 valence electrons. The highest BCUT2D eigenvalue weighted by Gasteiger charge is 2.30. The molecular formula is C22H20F6N4O2. The van der Waals surface area contributed by atoms with Crippen LogP contribution in [0.2, 0.25) is 0 Å². The Morgan fingerprint density at radius 2 is 0.971 bits per heavy atom. The molecule has 12 heteroatoms. The van der Waals surface area contributed by atoms with Crippen LogP contribution < -0.4 is 10.9 Å². The van der Waals surface area contributed by atoms with Gasteiger partial charge < -0.3 is 0 Å². The van der Waals surface area contributed by atoms with Crippen molar-refractivity contribution in [3.8, 4) is 0 Å². The maximum Gasteiger partial charge on any atom is 0.416 e. The molecule has 34 heavy (non-hydrogen) atoms. The number of carbonyl (C=O) groups excluding carboxylic acids is 2. The molecule has 0 unspecified atom stereocenters. The van der Waals surface area contributed by atoms with Gasteiger partial charge in [-0.05, 0) is 48.2 Å². The van der Waals surface area contributed by atoms with Crippen molar-refractivity contribution in [1.29, 1.82) is 0 Å². The van der Waals surface area contributed by atoms with Gasteiger partial charge in [0.2, 0.25) is 11.8 Å². The fraction of sp³-hybridized carbons (Fsp3) is 0.273. The molecule has 6 nitrogen and oxygen atoms in total. The lowest BCUT2D eigenvalue weighted by molar-refractivity contribution is -0.138. The Morgan fingerprint density at radius 1 is 0.647 bits per heavy atom. The van der Waals surface area contributed by atoms with Gasteiger partial charge in [0.15, 0.2) is 0 Å². The van der Waals surface area contributed by atoms with E-state index in [1.165, 1.54) is 36.7 Å². The minimum Gasteiger partial charge on any atom is -0.273 e. The van der Waals surface area contributed by atoms with E-state index in [9.17, 15) is 35.9 Å². The first-order chi connectivity index (χ1) is 15.9. The lowest BCUT2D eigenvalue weighted by Crippen LogP contribution is -2.19. The van der Waals surface area contributed by atoms with E-state index >= 15 is 0 Å². The maximum atomic E-state index is 12.5. The van der Waals surface area contributed by atoms with E-state index in [0.717, 1.165) is 24.3 Å². The molecule has 0 saturated heterocycles. The van der Waals surface area contributed by atoms with Crippen molar-refractivity contribution < 1.29 is 35.9 Å². The van der Waals surface area contributed by atoms with Gasteiger partial charge in [0.05, 0.1) is 23.6 Å². The number of hydrogen-bond donors (Lipinski definition) is 2. The van der Waals surface area contributed by atoms with Gasteiger partial charge >= 0.3 is 12.4 Å². The molecule has 2 N–H and O–H groups in total. The zero-order valence-electron chi connectivity index (χ0n) is 17.6. The van der Waals surface area contributed by atoms with E-state index < -0.39 is 35.3 Å². The number of halogens is 6. The highest BCUT2D eigenvalue weighted by atomic mass is 19.4. The molecular weight excluding hydrogens is 466 g/mol. The average molecular weight is 486 g/mol. The molecule has 0 aliphatic heterocycles. The third-order valence-electron chi connectivity index (χ3n) is 4.34. The number of nitrogens with zero attached hydrogens (tertiary/aromatic N) is 2. The predicted molar refractivity (Wildman–Crippen MR) is 113 cm³/mol. The second-order valence-corrected chi connectivity index (χ2v) is 7.03. The van der Waals surface area contributed by atoms with Crippen LogP contribution in [0.15, 0.2) is 58.7 Å². The van der Waals surface area contributed by atoms with Crippen molar-refractivity contribution >= 4 is 24.2 Å². The Bertz CT molecular complexity index is 930. The Kier molecular flexibility index (Phi) is 9.34. The molecule has 0 heterocycles. The van der Waals surface area contributed by atoms with E-state index in [1.807, 2.05) is 0 Å². The van der Waals surface area contributed by atoms with Crippen LogP contribution >= 0.6 is 0 Å². The summed E-state index contributed by atoms with van der Waals surface area (Å²) in [5.41, 5.74) is 3.66. The summed E-state index contributed by atoms with van der Waals surface area (Å²) in [4.78, 5) is 23.4. The van der Waals surface area contributed by atoms with Crippen molar-refractivity contribution in [3.05, 3.63) is 70.8 Å². The summed E-state index contributed by atoms with van der Waals surface area (Å²) >= 11 is 0. The van der Waals surface area contributed by atoms with Crippen LogP contribution in [0.4, 0.5) is 26.3 Å². The summed E-state index contributed by atoms with van der Waals surface area (Å²) in [6, 6.07) is 8.50. The van der Waals surface area contributed by atoms with Gasteiger partial charge in [-0.1, -0.05) is 24.3 Å². The summed E-state index contributed by atoms with van der Waals surface area (Å²) < 4.78 is 75.0. The molecule has 0 atom stereocenters. The molecule has 0 radical (unpaired) electrons. The third kappa shape index (κ3) is 9.43. The largest absolute Gasteiger partial charge is 0.416 e. The highest BCUT2D eigenvalue weighted by Crippen LogP contribution is 2.29. The molecule has 2 aromatic rings. The number of amides is 2. The smallest absolute Gasteiger partial charge is 0.273 e. The van der Waals surface area contributed by atoms with Gasteiger partial charge in [-0.2, -0.15) is 36.5 Å². The highest BCUT2D eigenvalue weighted by molar-refractivity contribution is 5.83. The van der Waals surface area contributed by atoms with E-state index in [-0.39, 0.29) is 12.8 Å². The molecule has 0 fully saturated rings. The molecule has 0 saturated carbocycles. The number of hydrazone groups is 2. The van der Waals surface area contributed by atoms with Crippen molar-refractivity contribution in [2.75, 3.05) is 0 Å². The minimum absolute atomic E-state index is 0.0758. The van der Waals surface area contributed by atoms with Crippen LogP contribution in [-0.2, 0) is 21.9 Å². The summed E-state index contributed by atoms with van der Waals surface area (Å²) in [6.07, 6.45) is -5.55. The Hall–Kier alpha value is -3.70. The van der Waals surface area contributed by atoms with Gasteiger partial charge in [0, 0.05) is 12.8 Å². The number of nitrogens with one attached hydrogen (secondary N) is 2. The number of carbonyl (C=O) groups is 2. The van der Waals surface area contributed by atoms with Crippen molar-refractivity contribution in [3.63, 3.8) is 0 Å². The number of hydrogen-bond acceptors (Lipinski definition) is 4. The zero-order chi connectivity index (χ0) is 25.2. The van der Waals surface area contributed by atoms with E-state index in [2.05, 4.69) is 21.1 Å². The van der Waals surface area contributed by atoms with Gasteiger partial charge in [-0.25, -0.2) is 10.9 Å². The van der Waals surface area contributed by atoms with Gasteiger partial charge in [-0.15, -0.1) is 0 Å². The van der Waals surface area contributed by atoms with E-state index in [4.69, 9.17) is 0 Å². The van der Waals surface area contributed by atoms with Gasteiger partial charge in [0.1, 0.15) is 0 Å². The lowest BCUT2D eigenvalue weighted by Gasteiger charge is -2.05. The van der Waals surface area contributed by atoms with Crippen molar-refractivity contribution in [2.24, 2.45) is 10.2 Å². The molecule has 0 aromatic heterocycles. The number of rotatable bonds is 9. The van der Waals surface area contributed by atoms with Crippen molar-refractivity contribution in [1.82, 2.24) is 10.9 Å². The first kappa shape index (κ1) is 26.6. The maximum absolute atomic E-state index is 12.5. The van der Waals surface area contributed by atoms with Crippen molar-refractivity contribution in [2.45, 2.75) is 38.0 Å². The Morgan fingerprint density at radius 3 is 1.26 bits per heavy atom. The zero-order valence-corrected chi connectivity index (χ0v) is 17.6. The number of benzene rings is 2. The Labute approximate surface area is 190 Å². The van der Waals surface area contributed by atoms with Crippen LogP contribution in [0, 0.1) is 0 Å². The lowest BCUT2D eigenvalue weighted by atomic mass is 10.1. The molecule has 0 spiro atoms. The summed E-state index contributed by atoms with van der Waals surface area (Å²) in [5, 5.41) is 7.34. The standard InChI is InChI=1S/C22H20F6N4O2/c23-21(24,25)17-9-5-15(6-10-17)13-29-31-19(33)3-1-2-4-20(34)32-30-14-16-7-11-18(12-8-16)22(26,27)28/h5-14H,1-4H2,(H,31,33)(H,32,34)/b29-13+,30-14+. The predicted octanol–water partition coefficient (Wildman–Crippen LogP) is 4.89. The summed E-state index contributed by atoms with van der Waals surface area (Å²) in [6.45, 7) is 0. The fourth-order valence-electron chi connectivity index (χ4n) is 2.56. The van der Waals surface area contributed by atoms with E-state index in [0.29, 0.717) is 24.0 Å². The average Bonchev–Trinajstić information content (AvgIpc) is 2.76. The Balaban J connectivity index is 1.62. The van der Waals surface area contributed by atoms with Crippen LogP contribution in [0.3, 0.4) is 0 Å². The normalized spacial score (nSPS) is 12.3. The molecule has 0 aliphatic carbocycles. The fourth-order valence-corrected chi connectivity index (χ4v) is 2.56. The van der Waals surface area contributed by atoms with Gasteiger partial charge in [-0.3, -0.25) is 9.59 Å². The van der Waals surface area contributed by atoms with Crippen LogP contribution in [-0.4, -0.2) is 24.2 Å². The SMILES string of the molecule is O=C(CCCCC(=O)N/N=C/c1ccc(C(F)(F)F)cc1)N/N=C/c1ccc(C(F)(F)F)cc1. The first-order valence-electron chi connectivity index (χ1n) is 9.93. The molecule has 2 amide bonds. The number of alkyl halides is 6. The molecule has 0 bridgehead atoms. The number of unbranched alkanes of at least 4 members (excludes halogenated alkanes) is 1. The summed E-state index contributed by atoms with van der Waals surface area (Å²) in [5.74, 6) is -0.854. The van der Waals surface area contributed by atoms with Crippen LogP contribution in [0.1, 0.15) is 47.9 Å². The first-order valence-corrected chi connectivity index (χ1v) is 9.93. The van der Waals surface area contributed by atoms with E-state index in [1.54, 1.807) is 0 Å². The van der Waals surface area contributed by atoms with Gasteiger partial charge in [0.25, 0.3) is 0 Å². The van der Waals surface area contributed by atoms with Crippen LogP contribution in [0.5, 0.6) is 0 Å². The van der Waals surface area contributed by atoms with Crippen LogP contribution in [0.25, 0.3) is 0 Å². The topological polar surface area (TPSA) is 82.9 Å². The molecule has 2 aromatic carbocycles. The monoisotopic (exact) mass is 486 g/mol.